The highest BCUT2D eigenvalue weighted by molar-refractivity contribution is 5.97. The third-order valence-corrected chi connectivity index (χ3v) is 4.62. The Morgan fingerprint density at radius 3 is 2.38 bits per heavy atom. The first-order valence-electron chi connectivity index (χ1n) is 9.57. The monoisotopic (exact) mass is 436 g/mol. The van der Waals surface area contributed by atoms with Crippen LogP contribution in [0.2, 0.25) is 0 Å². The van der Waals surface area contributed by atoms with Crippen molar-refractivity contribution in [3.05, 3.63) is 77.1 Å². The molecule has 3 heterocycles. The normalized spacial score (nSPS) is 10.9. The second-order valence-corrected chi connectivity index (χ2v) is 7.01. The minimum Gasteiger partial charge on any atom is -0.443 e. The van der Waals surface area contributed by atoms with E-state index >= 15 is 0 Å². The van der Waals surface area contributed by atoms with Crippen molar-refractivity contribution in [3.63, 3.8) is 0 Å². The summed E-state index contributed by atoms with van der Waals surface area (Å²) in [7, 11) is 0. The molecule has 0 bridgehead atoms. The van der Waals surface area contributed by atoms with Crippen LogP contribution in [0, 0.1) is 25.5 Å². The molecule has 3 aromatic heterocycles. The van der Waals surface area contributed by atoms with E-state index in [2.05, 4.69) is 25.3 Å². The number of nitrogens with two attached hydrogens (primary N) is 1. The largest absolute Gasteiger partial charge is 0.443 e. The third-order valence-electron chi connectivity index (χ3n) is 4.62. The number of hydrogen-bond acceptors (Lipinski definition) is 7. The van der Waals surface area contributed by atoms with Crippen LogP contribution in [0.3, 0.4) is 0 Å². The Kier molecular flexibility index (Phi) is 5.59. The number of aromatic nitrogens is 4. The number of rotatable bonds is 5. The molecule has 162 valence electrons. The van der Waals surface area contributed by atoms with E-state index in [1.165, 1.54) is 18.5 Å². The van der Waals surface area contributed by atoms with Crippen LogP contribution in [0.4, 0.5) is 14.6 Å². The Morgan fingerprint density at radius 1 is 1.06 bits per heavy atom. The second-order valence-electron chi connectivity index (χ2n) is 7.01. The topological polar surface area (TPSA) is 120 Å². The molecule has 0 spiro atoms. The molecule has 4 aromatic rings. The predicted molar refractivity (Wildman–Crippen MR) is 112 cm³/mol. The molecule has 4 rings (SSSR count). The van der Waals surface area contributed by atoms with Gasteiger partial charge in [-0.25, -0.2) is 23.7 Å². The van der Waals surface area contributed by atoms with Gasteiger partial charge >= 0.3 is 0 Å². The van der Waals surface area contributed by atoms with Crippen LogP contribution in [-0.4, -0.2) is 25.8 Å². The van der Waals surface area contributed by atoms with Gasteiger partial charge in [-0.1, -0.05) is 6.07 Å². The molecule has 0 fully saturated rings. The van der Waals surface area contributed by atoms with Crippen molar-refractivity contribution in [1.29, 1.82) is 0 Å². The van der Waals surface area contributed by atoms with E-state index < -0.39 is 17.5 Å². The number of hydrogen-bond donors (Lipinski definition) is 2. The van der Waals surface area contributed by atoms with Crippen LogP contribution in [-0.2, 0) is 6.54 Å². The summed E-state index contributed by atoms with van der Waals surface area (Å²) in [6, 6.07) is 7.00. The van der Waals surface area contributed by atoms with Gasteiger partial charge in [0, 0.05) is 29.1 Å². The molecular formula is C22H18F2N6O2. The van der Waals surface area contributed by atoms with Gasteiger partial charge in [-0.05, 0) is 38.1 Å². The van der Waals surface area contributed by atoms with Gasteiger partial charge in [0.25, 0.3) is 5.91 Å². The van der Waals surface area contributed by atoms with Crippen molar-refractivity contribution >= 4 is 11.7 Å². The van der Waals surface area contributed by atoms with Gasteiger partial charge in [0.1, 0.15) is 23.6 Å². The van der Waals surface area contributed by atoms with Crippen molar-refractivity contribution in [2.24, 2.45) is 0 Å². The van der Waals surface area contributed by atoms with Crippen molar-refractivity contribution in [3.8, 4) is 22.8 Å². The fourth-order valence-electron chi connectivity index (χ4n) is 3.23. The zero-order valence-corrected chi connectivity index (χ0v) is 17.2. The number of carbonyl (C=O) groups excluding carboxylic acids is 1. The lowest BCUT2D eigenvalue weighted by molar-refractivity contribution is 0.0946. The van der Waals surface area contributed by atoms with Crippen LogP contribution in [0.25, 0.3) is 22.8 Å². The number of halogens is 2. The lowest BCUT2D eigenvalue weighted by Crippen LogP contribution is -2.26. The molecule has 0 unspecified atom stereocenters. The van der Waals surface area contributed by atoms with Gasteiger partial charge in [0.05, 0.1) is 6.20 Å². The SMILES string of the molecule is Cc1cc(-c2nc(C(=O)NCc3c(F)cccc3F)c(N)nc2-c2ncco2)cc(C)n1. The third kappa shape index (κ3) is 4.15. The molecule has 32 heavy (non-hydrogen) atoms. The zero-order valence-electron chi connectivity index (χ0n) is 17.2. The molecule has 8 nitrogen and oxygen atoms in total. The fraction of sp³-hybridized carbons (Fsp3) is 0.136. The smallest absolute Gasteiger partial charge is 0.274 e. The summed E-state index contributed by atoms with van der Waals surface area (Å²) < 4.78 is 33.1. The fourth-order valence-corrected chi connectivity index (χ4v) is 3.23. The van der Waals surface area contributed by atoms with Gasteiger partial charge in [-0.15, -0.1) is 0 Å². The van der Waals surface area contributed by atoms with Crippen molar-refractivity contribution in [2.75, 3.05) is 5.73 Å². The minimum atomic E-state index is -0.771. The van der Waals surface area contributed by atoms with E-state index in [0.29, 0.717) is 11.3 Å². The van der Waals surface area contributed by atoms with Gasteiger partial charge in [0.15, 0.2) is 17.2 Å². The van der Waals surface area contributed by atoms with E-state index in [4.69, 9.17) is 10.2 Å². The number of nitrogens with zero attached hydrogens (tertiary/aromatic N) is 4. The number of carbonyl (C=O) groups is 1. The molecule has 0 aliphatic carbocycles. The summed E-state index contributed by atoms with van der Waals surface area (Å²) in [5.41, 5.74) is 8.18. The Labute approximate surface area is 181 Å². The molecule has 0 saturated carbocycles. The van der Waals surface area contributed by atoms with E-state index in [1.54, 1.807) is 12.1 Å². The first-order valence-corrected chi connectivity index (χ1v) is 9.57. The summed E-state index contributed by atoms with van der Waals surface area (Å²) in [4.78, 5) is 30.0. The Balaban J connectivity index is 1.75. The maximum atomic E-state index is 13.9. The first kappa shape index (κ1) is 21.0. The van der Waals surface area contributed by atoms with E-state index in [1.807, 2.05) is 13.8 Å². The molecule has 0 radical (unpaired) electrons. The average Bonchev–Trinajstić information content (AvgIpc) is 3.27. The number of nitrogen functional groups attached to an aromatic ring is 1. The summed E-state index contributed by atoms with van der Waals surface area (Å²) in [6.45, 7) is 3.26. The summed E-state index contributed by atoms with van der Waals surface area (Å²) in [5.74, 6) is -2.29. The zero-order chi connectivity index (χ0) is 22.8. The first-order chi connectivity index (χ1) is 15.3. The van der Waals surface area contributed by atoms with Crippen LogP contribution in [0.1, 0.15) is 27.4 Å². The lowest BCUT2D eigenvalue weighted by atomic mass is 10.1. The molecule has 0 aliphatic rings. The number of anilines is 1. The Bertz CT molecular complexity index is 1270. The number of benzene rings is 1. The van der Waals surface area contributed by atoms with Gasteiger partial charge < -0.3 is 15.5 Å². The van der Waals surface area contributed by atoms with Gasteiger partial charge in [-0.2, -0.15) is 0 Å². The van der Waals surface area contributed by atoms with Crippen molar-refractivity contribution < 1.29 is 18.0 Å². The molecule has 1 amide bonds. The molecule has 10 heteroatoms. The number of amides is 1. The quantitative estimate of drug-likeness (QED) is 0.490. The number of oxazole rings is 1. The number of pyridine rings is 1. The van der Waals surface area contributed by atoms with Crippen molar-refractivity contribution in [1.82, 2.24) is 25.3 Å². The highest BCUT2D eigenvalue weighted by Gasteiger charge is 2.23. The Morgan fingerprint density at radius 2 is 1.75 bits per heavy atom. The van der Waals surface area contributed by atoms with E-state index in [0.717, 1.165) is 23.5 Å². The van der Waals surface area contributed by atoms with E-state index in [-0.39, 0.29) is 35.2 Å². The van der Waals surface area contributed by atoms with Crippen LogP contribution in [0.15, 0.2) is 47.2 Å². The van der Waals surface area contributed by atoms with E-state index in [9.17, 15) is 13.6 Å². The highest BCUT2D eigenvalue weighted by Crippen LogP contribution is 2.30. The Hall–Kier alpha value is -4.21. The molecule has 3 N–H and O–H groups in total. The number of nitrogens with one attached hydrogen (secondary N) is 1. The molecule has 0 aliphatic heterocycles. The lowest BCUT2D eigenvalue weighted by Gasteiger charge is -2.12. The van der Waals surface area contributed by atoms with Gasteiger partial charge in [0.2, 0.25) is 5.89 Å². The van der Waals surface area contributed by atoms with Gasteiger partial charge in [-0.3, -0.25) is 9.78 Å². The van der Waals surface area contributed by atoms with Crippen LogP contribution in [0.5, 0.6) is 0 Å². The summed E-state index contributed by atoms with van der Waals surface area (Å²) in [6.07, 6.45) is 2.83. The molecule has 0 saturated heterocycles. The minimum absolute atomic E-state index is 0.173. The van der Waals surface area contributed by atoms with Crippen molar-refractivity contribution in [2.45, 2.75) is 20.4 Å². The second kappa shape index (κ2) is 8.50. The summed E-state index contributed by atoms with van der Waals surface area (Å²) in [5, 5.41) is 2.44. The highest BCUT2D eigenvalue weighted by atomic mass is 19.1. The molecule has 1 aromatic carbocycles. The maximum absolute atomic E-state index is 13.9. The summed E-state index contributed by atoms with van der Waals surface area (Å²) >= 11 is 0. The predicted octanol–water partition coefficient (Wildman–Crippen LogP) is 3.60. The number of aryl methyl sites for hydroxylation is 2. The standard InChI is InChI=1S/C22H18F2N6O2/c1-11-8-13(9-12(2)28-11)17-18(22-26-6-7-32-22)30-20(25)19(29-17)21(31)27-10-14-15(23)4-3-5-16(14)24/h3-9H,10H2,1-2H3,(H2,25,30)(H,27,31). The molecular weight excluding hydrogens is 418 g/mol. The molecule has 0 atom stereocenters. The van der Waals surface area contributed by atoms with Crippen LogP contribution >= 0.6 is 0 Å². The average molecular weight is 436 g/mol. The van der Waals surface area contributed by atoms with Crippen LogP contribution < -0.4 is 11.1 Å². The maximum Gasteiger partial charge on any atom is 0.274 e.